The lowest BCUT2D eigenvalue weighted by molar-refractivity contribution is -0.140. The zero-order chi connectivity index (χ0) is 27.8. The third kappa shape index (κ3) is 5.14. The van der Waals surface area contributed by atoms with E-state index in [4.69, 9.17) is 4.74 Å². The minimum atomic E-state index is -4.56. The van der Waals surface area contributed by atoms with Crippen LogP contribution in [0.15, 0.2) is 72.6 Å². The maximum absolute atomic E-state index is 13.3. The topological polar surface area (TPSA) is 79.7 Å². The number of carbonyl (C=O) groups excluding carboxylic acids is 2. The fourth-order valence-electron chi connectivity index (χ4n) is 4.57. The Balaban J connectivity index is 1.86. The minimum Gasteiger partial charge on any atom is -0.507 e. The van der Waals surface area contributed by atoms with E-state index in [1.807, 2.05) is 20.8 Å². The number of hydrogen-bond acceptors (Lipinski definition) is 5. The monoisotopic (exact) mass is 524 g/mol. The molecule has 1 unspecified atom stereocenters. The number of aliphatic hydroxyl groups excluding tert-OH is 1. The average Bonchev–Trinajstić information content (AvgIpc) is 3.12. The Kier molecular flexibility index (Phi) is 7.06. The fourth-order valence-corrected chi connectivity index (χ4v) is 4.57. The number of ketones is 1. The lowest BCUT2D eigenvalue weighted by Gasteiger charge is -2.26. The van der Waals surface area contributed by atoms with Crippen molar-refractivity contribution in [2.45, 2.75) is 44.9 Å². The lowest BCUT2D eigenvalue weighted by atomic mass is 9.84. The van der Waals surface area contributed by atoms with Crippen molar-refractivity contribution < 1.29 is 32.6 Å². The van der Waals surface area contributed by atoms with E-state index in [2.05, 4.69) is 4.98 Å². The van der Waals surface area contributed by atoms with Crippen LogP contribution in [0.4, 0.5) is 13.2 Å². The number of rotatable bonds is 5. The number of benzene rings is 2. The Morgan fingerprint density at radius 2 is 1.79 bits per heavy atom. The molecule has 1 saturated heterocycles. The molecule has 1 fully saturated rings. The molecule has 0 saturated carbocycles. The van der Waals surface area contributed by atoms with E-state index < -0.39 is 35.2 Å². The molecule has 0 aliphatic carbocycles. The van der Waals surface area contributed by atoms with Crippen LogP contribution in [-0.2, 0) is 27.7 Å². The number of ether oxygens (including phenoxy) is 1. The van der Waals surface area contributed by atoms with E-state index in [9.17, 15) is 27.9 Å². The van der Waals surface area contributed by atoms with Gasteiger partial charge in [0.05, 0.1) is 24.3 Å². The van der Waals surface area contributed by atoms with Crippen LogP contribution in [0.25, 0.3) is 5.76 Å². The number of likely N-dealkylation sites (tertiary alicyclic amines) is 1. The molecular weight excluding hydrogens is 497 g/mol. The van der Waals surface area contributed by atoms with Crippen molar-refractivity contribution in [2.75, 3.05) is 7.11 Å². The molecule has 0 spiro atoms. The van der Waals surface area contributed by atoms with Crippen LogP contribution in [-0.4, -0.2) is 33.8 Å². The molecule has 0 bridgehead atoms. The van der Waals surface area contributed by atoms with Crippen LogP contribution in [0.5, 0.6) is 5.75 Å². The van der Waals surface area contributed by atoms with E-state index in [-0.39, 0.29) is 23.1 Å². The highest BCUT2D eigenvalue weighted by atomic mass is 19.4. The number of aliphatic hydroxyl groups is 1. The molecular formula is C29H27F3N2O4. The summed E-state index contributed by atoms with van der Waals surface area (Å²) < 4.78 is 45.3. The Hall–Kier alpha value is -4.14. The highest BCUT2D eigenvalue weighted by Gasteiger charge is 2.46. The lowest BCUT2D eigenvalue weighted by Crippen LogP contribution is -2.29. The Labute approximate surface area is 218 Å². The van der Waals surface area contributed by atoms with Crippen LogP contribution >= 0.6 is 0 Å². The second-order valence-electron chi connectivity index (χ2n) is 10.1. The maximum Gasteiger partial charge on any atom is 0.416 e. The zero-order valence-corrected chi connectivity index (χ0v) is 21.3. The van der Waals surface area contributed by atoms with Crippen LogP contribution in [0.1, 0.15) is 54.6 Å². The summed E-state index contributed by atoms with van der Waals surface area (Å²) in [5, 5.41) is 11.4. The first-order valence-corrected chi connectivity index (χ1v) is 11.9. The number of aromatic nitrogens is 1. The van der Waals surface area contributed by atoms with E-state index in [0.717, 1.165) is 22.6 Å². The summed E-state index contributed by atoms with van der Waals surface area (Å²) in [5.41, 5.74) is 0.319. The number of alkyl halides is 3. The summed E-state index contributed by atoms with van der Waals surface area (Å²) in [6.45, 7) is 5.63. The number of hydrogen-bond donors (Lipinski definition) is 1. The summed E-state index contributed by atoms with van der Waals surface area (Å²) in [4.78, 5) is 31.8. The third-order valence-corrected chi connectivity index (χ3v) is 6.43. The van der Waals surface area contributed by atoms with Crippen molar-refractivity contribution >= 4 is 17.4 Å². The standard InChI is InChI=1S/C29H27F3N2O4/c1-28(2,3)21-14-18(10-11-22(21)38-4)25(35)23-24(19-8-6-12-33-15-19)34(27(37)26(23)36)16-17-7-5-9-20(13-17)29(30,31)32/h5-15,24,35H,16H2,1-4H3/b25-23-. The van der Waals surface area contributed by atoms with Gasteiger partial charge in [-0.3, -0.25) is 14.6 Å². The first-order valence-electron chi connectivity index (χ1n) is 11.9. The van der Waals surface area contributed by atoms with E-state index in [1.165, 1.54) is 31.6 Å². The van der Waals surface area contributed by atoms with Gasteiger partial charge in [0.2, 0.25) is 0 Å². The van der Waals surface area contributed by atoms with E-state index in [1.54, 1.807) is 30.3 Å². The maximum atomic E-state index is 13.3. The van der Waals surface area contributed by atoms with Gasteiger partial charge in [-0.2, -0.15) is 13.2 Å². The second kappa shape index (κ2) is 9.96. The predicted molar refractivity (Wildman–Crippen MR) is 135 cm³/mol. The normalized spacial score (nSPS) is 17.7. The van der Waals surface area contributed by atoms with Crippen molar-refractivity contribution in [1.82, 2.24) is 9.88 Å². The van der Waals surface area contributed by atoms with Crippen molar-refractivity contribution in [3.63, 3.8) is 0 Å². The van der Waals surface area contributed by atoms with Gasteiger partial charge in [-0.05, 0) is 52.9 Å². The highest BCUT2D eigenvalue weighted by Crippen LogP contribution is 2.42. The molecule has 1 N–H and O–H groups in total. The zero-order valence-electron chi connectivity index (χ0n) is 21.3. The van der Waals surface area contributed by atoms with Crippen molar-refractivity contribution in [2.24, 2.45) is 0 Å². The molecule has 38 heavy (non-hydrogen) atoms. The van der Waals surface area contributed by atoms with Crippen LogP contribution in [0, 0.1) is 0 Å². The molecule has 9 heteroatoms. The quantitative estimate of drug-likeness (QED) is 0.251. The van der Waals surface area contributed by atoms with Crippen LogP contribution < -0.4 is 4.74 Å². The van der Waals surface area contributed by atoms with Gasteiger partial charge in [0.1, 0.15) is 11.5 Å². The molecule has 1 aliphatic heterocycles. The fraction of sp³-hybridized carbons (Fsp3) is 0.276. The molecule has 1 aliphatic rings. The molecule has 198 valence electrons. The van der Waals surface area contributed by atoms with Gasteiger partial charge in [-0.15, -0.1) is 0 Å². The van der Waals surface area contributed by atoms with Gasteiger partial charge in [-0.25, -0.2) is 0 Å². The molecule has 4 rings (SSSR count). The molecule has 1 aromatic heterocycles. The summed E-state index contributed by atoms with van der Waals surface area (Å²) in [6.07, 6.45) is -1.59. The summed E-state index contributed by atoms with van der Waals surface area (Å²) >= 11 is 0. The number of halogens is 3. The number of carbonyl (C=O) groups is 2. The van der Waals surface area contributed by atoms with E-state index in [0.29, 0.717) is 16.9 Å². The van der Waals surface area contributed by atoms with Gasteiger partial charge in [0.25, 0.3) is 11.7 Å². The molecule has 0 radical (unpaired) electrons. The van der Waals surface area contributed by atoms with Crippen molar-refractivity contribution in [3.8, 4) is 5.75 Å². The summed E-state index contributed by atoms with van der Waals surface area (Å²) in [6, 6.07) is 11.7. The number of methoxy groups -OCH3 is 1. The first-order chi connectivity index (χ1) is 17.8. The Morgan fingerprint density at radius 3 is 2.39 bits per heavy atom. The van der Waals surface area contributed by atoms with Crippen LogP contribution in [0.3, 0.4) is 0 Å². The SMILES string of the molecule is COc1ccc(/C(O)=C2/C(=O)C(=O)N(Cc3cccc(C(F)(F)F)c3)C2c2cccnc2)cc1C(C)(C)C. The third-order valence-electron chi connectivity index (χ3n) is 6.43. The summed E-state index contributed by atoms with van der Waals surface area (Å²) in [7, 11) is 1.53. The van der Waals surface area contributed by atoms with Gasteiger partial charge >= 0.3 is 6.18 Å². The largest absolute Gasteiger partial charge is 0.507 e. The summed E-state index contributed by atoms with van der Waals surface area (Å²) in [5.74, 6) is -1.65. The molecule has 3 aromatic rings. The molecule has 1 amide bonds. The number of amides is 1. The smallest absolute Gasteiger partial charge is 0.416 e. The first kappa shape index (κ1) is 26.9. The number of pyridine rings is 1. The van der Waals surface area contributed by atoms with Gasteiger partial charge in [0, 0.05) is 30.1 Å². The number of nitrogens with zero attached hydrogens (tertiary/aromatic N) is 2. The van der Waals surface area contributed by atoms with Crippen molar-refractivity contribution in [3.05, 3.63) is 100 Å². The van der Waals surface area contributed by atoms with Gasteiger partial charge < -0.3 is 14.7 Å². The molecule has 2 heterocycles. The van der Waals surface area contributed by atoms with E-state index >= 15 is 0 Å². The van der Waals surface area contributed by atoms with Crippen LogP contribution in [0.2, 0.25) is 0 Å². The minimum absolute atomic E-state index is 0.167. The second-order valence-corrected chi connectivity index (χ2v) is 10.1. The highest BCUT2D eigenvalue weighted by molar-refractivity contribution is 6.46. The van der Waals surface area contributed by atoms with Crippen molar-refractivity contribution in [1.29, 1.82) is 0 Å². The molecule has 2 aromatic carbocycles. The van der Waals surface area contributed by atoms with Gasteiger partial charge in [-0.1, -0.05) is 39.0 Å². The number of Topliss-reactive ketones (excluding diaryl/α,β-unsaturated/α-hetero) is 1. The van der Waals surface area contributed by atoms with Gasteiger partial charge in [0.15, 0.2) is 0 Å². The Bertz CT molecular complexity index is 1410. The average molecular weight is 525 g/mol. The molecule has 6 nitrogen and oxygen atoms in total. The predicted octanol–water partition coefficient (Wildman–Crippen LogP) is 6.03. The molecule has 1 atom stereocenters. The Morgan fingerprint density at radius 1 is 1.05 bits per heavy atom.